The maximum absolute atomic E-state index is 10.3. The van der Waals surface area contributed by atoms with Crippen LogP contribution in [0.15, 0.2) is 0 Å². The van der Waals surface area contributed by atoms with Gasteiger partial charge in [-0.05, 0) is 6.92 Å². The lowest BCUT2D eigenvalue weighted by molar-refractivity contribution is -0.742. The third-order valence-corrected chi connectivity index (χ3v) is 1.29. The van der Waals surface area contributed by atoms with Gasteiger partial charge in [-0.15, -0.1) is 10.1 Å². The molecule has 0 saturated carbocycles. The SMILES string of the molecule is CCO.O=C(O)CC(O)(CC(=O)O)C(=O)O.O=[N+]([O-])O. The first kappa shape index (κ1) is 22.7. The van der Waals surface area contributed by atoms with E-state index in [1.54, 1.807) is 6.92 Å². The topological polar surface area (TPSA) is 216 Å². The summed E-state index contributed by atoms with van der Waals surface area (Å²) in [7, 11) is 0. The van der Waals surface area contributed by atoms with Gasteiger partial charge in [-0.1, -0.05) is 0 Å². The van der Waals surface area contributed by atoms with Gasteiger partial charge in [0, 0.05) is 6.61 Å². The molecule has 0 atom stereocenters. The highest BCUT2D eigenvalue weighted by Gasteiger charge is 2.40. The second kappa shape index (κ2) is 11.6. The number of aliphatic carboxylic acids is 3. The van der Waals surface area contributed by atoms with Gasteiger partial charge in [-0.3, -0.25) is 9.59 Å². The summed E-state index contributed by atoms with van der Waals surface area (Å²) in [6.45, 7) is 1.93. The molecule has 0 saturated heterocycles. The van der Waals surface area contributed by atoms with Crippen molar-refractivity contribution in [3.63, 3.8) is 0 Å². The molecule has 0 fully saturated rings. The number of aliphatic hydroxyl groups excluding tert-OH is 1. The molecule has 0 aliphatic heterocycles. The number of hydrogen-bond acceptors (Lipinski definition) is 7. The van der Waals surface area contributed by atoms with Crippen molar-refractivity contribution in [2.24, 2.45) is 0 Å². The molecule has 20 heavy (non-hydrogen) atoms. The maximum atomic E-state index is 10.3. The van der Waals surface area contributed by atoms with Crippen LogP contribution >= 0.6 is 0 Å². The van der Waals surface area contributed by atoms with Crippen LogP contribution in [0, 0.1) is 10.1 Å². The van der Waals surface area contributed by atoms with Crippen LogP contribution in [0.4, 0.5) is 0 Å². The van der Waals surface area contributed by atoms with Crippen molar-refractivity contribution in [1.82, 2.24) is 0 Å². The largest absolute Gasteiger partial charge is 0.481 e. The molecule has 0 aliphatic rings. The molecule has 0 heterocycles. The fourth-order valence-electron chi connectivity index (χ4n) is 0.714. The normalized spacial score (nSPS) is 9.15. The van der Waals surface area contributed by atoms with Crippen LogP contribution in [0.3, 0.4) is 0 Å². The van der Waals surface area contributed by atoms with E-state index in [0.717, 1.165) is 0 Å². The number of hydrogen-bond donors (Lipinski definition) is 6. The van der Waals surface area contributed by atoms with Gasteiger partial charge in [0.15, 0.2) is 5.60 Å². The summed E-state index contributed by atoms with van der Waals surface area (Å²) in [6, 6.07) is 0. The average molecular weight is 301 g/mol. The summed E-state index contributed by atoms with van der Waals surface area (Å²) in [4.78, 5) is 38.8. The summed E-state index contributed by atoms with van der Waals surface area (Å²) in [5, 5.41) is 55.0. The predicted molar refractivity (Wildman–Crippen MR) is 58.6 cm³/mol. The smallest absolute Gasteiger partial charge is 0.336 e. The summed E-state index contributed by atoms with van der Waals surface area (Å²) < 4.78 is 0. The molecule has 6 N–H and O–H groups in total. The summed E-state index contributed by atoms with van der Waals surface area (Å²) in [6.07, 6.45) is -2.29. The first-order chi connectivity index (χ1) is 8.92. The minimum atomic E-state index is -2.74. The predicted octanol–water partition coefficient (Wildman–Crippen LogP) is -1.60. The Hall–Kier alpha value is -2.47. The first-order valence-corrected chi connectivity index (χ1v) is 4.76. The number of rotatable bonds is 5. The maximum Gasteiger partial charge on any atom is 0.336 e. The molecule has 0 aromatic carbocycles. The highest BCUT2D eigenvalue weighted by atomic mass is 16.9. The van der Waals surface area contributed by atoms with E-state index < -0.39 is 41.4 Å². The molecule has 0 aromatic heterocycles. The number of carboxylic acids is 3. The number of carboxylic acid groups (broad SMARTS) is 3. The van der Waals surface area contributed by atoms with Gasteiger partial charge in [0.2, 0.25) is 0 Å². The minimum absolute atomic E-state index is 0.250. The number of aliphatic hydroxyl groups is 2. The Labute approximate surface area is 111 Å². The van der Waals surface area contributed by atoms with Crippen LogP contribution in [-0.4, -0.2) is 65.9 Å². The molecule has 118 valence electrons. The monoisotopic (exact) mass is 301 g/mol. The molecule has 0 bridgehead atoms. The Morgan fingerprint density at radius 1 is 1.10 bits per heavy atom. The fraction of sp³-hybridized carbons (Fsp3) is 0.625. The van der Waals surface area contributed by atoms with Gasteiger partial charge < -0.3 is 30.7 Å². The van der Waals surface area contributed by atoms with Gasteiger partial charge in [-0.2, -0.15) is 0 Å². The number of nitrogens with zero attached hydrogens (tertiary/aromatic N) is 1. The molecule has 0 unspecified atom stereocenters. The van der Waals surface area contributed by atoms with E-state index in [9.17, 15) is 14.4 Å². The van der Waals surface area contributed by atoms with E-state index in [-0.39, 0.29) is 6.61 Å². The third kappa shape index (κ3) is 17.9. The van der Waals surface area contributed by atoms with Crippen molar-refractivity contribution in [2.75, 3.05) is 6.61 Å². The van der Waals surface area contributed by atoms with Gasteiger partial charge >= 0.3 is 17.9 Å². The van der Waals surface area contributed by atoms with Crippen LogP contribution in [0.1, 0.15) is 19.8 Å². The van der Waals surface area contributed by atoms with E-state index in [0.29, 0.717) is 0 Å². The summed E-state index contributed by atoms with van der Waals surface area (Å²) in [5.74, 6) is -5.02. The van der Waals surface area contributed by atoms with E-state index in [1.807, 2.05) is 0 Å². The zero-order valence-electron chi connectivity index (χ0n) is 10.3. The Balaban J connectivity index is -0.000000343. The lowest BCUT2D eigenvalue weighted by atomic mass is 9.96. The highest BCUT2D eigenvalue weighted by molar-refractivity contribution is 5.88. The molecular formula is C8H15NO11. The Morgan fingerprint density at radius 3 is 1.40 bits per heavy atom. The van der Waals surface area contributed by atoms with Crippen LogP contribution in [0.2, 0.25) is 0 Å². The van der Waals surface area contributed by atoms with E-state index in [1.165, 1.54) is 0 Å². The van der Waals surface area contributed by atoms with E-state index in [4.69, 9.17) is 40.9 Å². The molecule has 0 spiro atoms. The molecule has 12 heteroatoms. The van der Waals surface area contributed by atoms with Crippen molar-refractivity contribution in [1.29, 1.82) is 0 Å². The van der Waals surface area contributed by atoms with Gasteiger partial charge in [0.25, 0.3) is 5.09 Å². The number of carbonyl (C=O) groups is 3. The first-order valence-electron chi connectivity index (χ1n) is 4.76. The van der Waals surface area contributed by atoms with Crippen LogP contribution in [0.25, 0.3) is 0 Å². The third-order valence-electron chi connectivity index (χ3n) is 1.29. The van der Waals surface area contributed by atoms with Gasteiger partial charge in [0.05, 0.1) is 12.8 Å². The van der Waals surface area contributed by atoms with Crippen molar-refractivity contribution < 1.29 is 50.2 Å². The lowest BCUT2D eigenvalue weighted by Crippen LogP contribution is -2.42. The zero-order valence-corrected chi connectivity index (χ0v) is 10.3. The molecular weight excluding hydrogens is 286 g/mol. The lowest BCUT2D eigenvalue weighted by Gasteiger charge is -2.18. The summed E-state index contributed by atoms with van der Waals surface area (Å²) in [5.41, 5.74) is -2.74. The van der Waals surface area contributed by atoms with Crippen molar-refractivity contribution in [3.8, 4) is 0 Å². The van der Waals surface area contributed by atoms with Crippen molar-refractivity contribution in [3.05, 3.63) is 10.1 Å². The Bertz CT molecular complexity index is 319. The average Bonchev–Trinajstić information content (AvgIpc) is 2.14. The highest BCUT2D eigenvalue weighted by Crippen LogP contribution is 2.15. The van der Waals surface area contributed by atoms with Crippen LogP contribution in [0.5, 0.6) is 0 Å². The molecule has 0 aliphatic carbocycles. The Kier molecular flexibility index (Phi) is 13.2. The standard InChI is InChI=1S/C6H8O7.C2H6O.HNO3/c7-3(8)1-6(13,5(11)12)2-4(9)10;1-2-3;2-1(3)4/h13H,1-2H2,(H,7,8)(H,9,10)(H,11,12);3H,2H2,1H3;(H,2,3,4). The Morgan fingerprint density at radius 2 is 1.30 bits per heavy atom. The van der Waals surface area contributed by atoms with Crippen LogP contribution in [-0.2, 0) is 14.4 Å². The second-order valence-electron chi connectivity index (χ2n) is 3.03. The minimum Gasteiger partial charge on any atom is -0.481 e. The molecule has 0 aromatic rings. The van der Waals surface area contributed by atoms with E-state index >= 15 is 0 Å². The molecule has 0 amide bonds. The quantitative estimate of drug-likeness (QED) is 0.251. The molecule has 0 rings (SSSR count). The second-order valence-corrected chi connectivity index (χ2v) is 3.03. The van der Waals surface area contributed by atoms with E-state index in [2.05, 4.69) is 0 Å². The van der Waals surface area contributed by atoms with Gasteiger partial charge in [0.1, 0.15) is 0 Å². The molecule has 0 radical (unpaired) electrons. The van der Waals surface area contributed by atoms with Crippen LogP contribution < -0.4 is 0 Å². The molecule has 12 nitrogen and oxygen atoms in total. The van der Waals surface area contributed by atoms with Gasteiger partial charge in [-0.25, -0.2) is 4.79 Å². The summed E-state index contributed by atoms with van der Waals surface area (Å²) >= 11 is 0. The zero-order chi connectivity index (χ0) is 16.9. The van der Waals surface area contributed by atoms with Crippen molar-refractivity contribution in [2.45, 2.75) is 25.4 Å². The fourth-order valence-corrected chi connectivity index (χ4v) is 0.714. The van der Waals surface area contributed by atoms with Crippen molar-refractivity contribution >= 4 is 17.9 Å².